The van der Waals surface area contributed by atoms with E-state index in [-0.39, 0.29) is 6.04 Å². The zero-order valence-corrected chi connectivity index (χ0v) is 12.0. The average molecular weight is 271 g/mol. The van der Waals surface area contributed by atoms with Gasteiger partial charge in [0, 0.05) is 12.9 Å². The van der Waals surface area contributed by atoms with E-state index in [9.17, 15) is 8.42 Å². The lowest BCUT2D eigenvalue weighted by Gasteiger charge is -2.17. The van der Waals surface area contributed by atoms with Crippen molar-refractivity contribution in [2.75, 3.05) is 26.5 Å². The van der Waals surface area contributed by atoms with Gasteiger partial charge in [-0.25, -0.2) is 8.42 Å². The monoisotopic (exact) mass is 271 g/mol. The normalized spacial score (nSPS) is 13.5. The molecule has 0 radical (unpaired) electrons. The Balaban J connectivity index is 2.76. The van der Waals surface area contributed by atoms with Gasteiger partial charge in [0.1, 0.15) is 0 Å². The first-order chi connectivity index (χ1) is 8.49. The van der Waals surface area contributed by atoms with E-state index in [0.29, 0.717) is 11.5 Å². The van der Waals surface area contributed by atoms with Crippen molar-refractivity contribution < 1.29 is 13.2 Å². The molecule has 0 heterocycles. The van der Waals surface area contributed by atoms with Crippen molar-refractivity contribution in [2.24, 2.45) is 0 Å². The van der Waals surface area contributed by atoms with Crippen molar-refractivity contribution >= 4 is 9.84 Å². The van der Waals surface area contributed by atoms with E-state index in [2.05, 4.69) is 12.2 Å². The molecule has 0 fully saturated rings. The predicted molar refractivity (Wildman–Crippen MR) is 72.5 cm³/mol. The summed E-state index contributed by atoms with van der Waals surface area (Å²) in [4.78, 5) is 0.343. The van der Waals surface area contributed by atoms with Crippen molar-refractivity contribution in [1.29, 1.82) is 0 Å². The summed E-state index contributed by atoms with van der Waals surface area (Å²) in [7, 11) is -1.26. The predicted octanol–water partition coefficient (Wildman–Crippen LogP) is 1.78. The van der Waals surface area contributed by atoms with Gasteiger partial charge in [0.05, 0.1) is 17.5 Å². The molecule has 18 heavy (non-hydrogen) atoms. The third-order valence-corrected chi connectivity index (χ3v) is 3.82. The third-order valence-electron chi connectivity index (χ3n) is 2.69. The van der Waals surface area contributed by atoms with Gasteiger partial charge in [-0.1, -0.05) is 19.1 Å². The Morgan fingerprint density at radius 2 is 1.89 bits per heavy atom. The molecule has 102 valence electrons. The minimum absolute atomic E-state index is 0.0881. The summed E-state index contributed by atoms with van der Waals surface area (Å²) in [6.45, 7) is 3.39. The second-order valence-corrected chi connectivity index (χ2v) is 6.27. The molecule has 0 aromatic heterocycles. The van der Waals surface area contributed by atoms with Crippen LogP contribution in [-0.4, -0.2) is 34.9 Å². The maximum Gasteiger partial charge on any atom is 0.175 e. The number of ether oxygens (including phenoxy) is 1. The molecule has 1 atom stereocenters. The molecule has 5 heteroatoms. The molecular weight excluding hydrogens is 250 g/mol. The molecule has 0 saturated carbocycles. The lowest BCUT2D eigenvalue weighted by atomic mass is 10.1. The fourth-order valence-electron chi connectivity index (χ4n) is 1.64. The topological polar surface area (TPSA) is 55.4 Å². The average Bonchev–Trinajstić information content (AvgIpc) is 2.34. The van der Waals surface area contributed by atoms with E-state index in [0.717, 1.165) is 18.6 Å². The molecule has 0 saturated heterocycles. The summed E-state index contributed by atoms with van der Waals surface area (Å²) < 4.78 is 28.2. The highest BCUT2D eigenvalue weighted by atomic mass is 32.2. The van der Waals surface area contributed by atoms with Gasteiger partial charge in [-0.15, -0.1) is 0 Å². The number of benzene rings is 1. The van der Waals surface area contributed by atoms with Crippen molar-refractivity contribution in [3.63, 3.8) is 0 Å². The molecule has 0 spiro atoms. The Morgan fingerprint density at radius 3 is 2.33 bits per heavy atom. The van der Waals surface area contributed by atoms with E-state index < -0.39 is 9.84 Å². The lowest BCUT2D eigenvalue weighted by Crippen LogP contribution is -2.22. The van der Waals surface area contributed by atoms with Crippen LogP contribution in [0.2, 0.25) is 0 Å². The summed E-state index contributed by atoms with van der Waals surface area (Å²) in [5.74, 6) is 0. The maximum atomic E-state index is 11.4. The Hall–Kier alpha value is -0.910. The highest BCUT2D eigenvalue weighted by molar-refractivity contribution is 7.90. The molecule has 1 aromatic carbocycles. The van der Waals surface area contributed by atoms with Gasteiger partial charge in [-0.3, -0.25) is 0 Å². The van der Waals surface area contributed by atoms with Crippen LogP contribution in [0.3, 0.4) is 0 Å². The molecule has 1 N–H and O–H groups in total. The first kappa shape index (κ1) is 15.1. The van der Waals surface area contributed by atoms with E-state index in [1.54, 1.807) is 12.1 Å². The van der Waals surface area contributed by atoms with Crippen LogP contribution < -0.4 is 5.32 Å². The molecule has 1 rings (SSSR count). The zero-order valence-electron chi connectivity index (χ0n) is 11.1. The molecule has 4 nitrogen and oxygen atoms in total. The van der Waals surface area contributed by atoms with Crippen molar-refractivity contribution in [3.05, 3.63) is 29.8 Å². The van der Waals surface area contributed by atoms with Gasteiger partial charge in [0.2, 0.25) is 0 Å². The summed E-state index contributed by atoms with van der Waals surface area (Å²) in [5, 5.41) is 3.16. The summed E-state index contributed by atoms with van der Waals surface area (Å²) in [5.41, 5.74) is 1.03. The van der Waals surface area contributed by atoms with Crippen LogP contribution in [0.5, 0.6) is 0 Å². The highest BCUT2D eigenvalue weighted by Gasteiger charge is 2.11. The molecular formula is C13H21NO3S. The van der Waals surface area contributed by atoms with E-state index in [1.807, 2.05) is 19.2 Å². The van der Waals surface area contributed by atoms with Crippen LogP contribution in [0.15, 0.2) is 29.2 Å². The molecule has 0 aliphatic carbocycles. The van der Waals surface area contributed by atoms with Gasteiger partial charge >= 0.3 is 0 Å². The maximum absolute atomic E-state index is 11.4. The standard InChI is InChI=1S/C13H21NO3S/c1-4-9-17-10-13(14-2)11-5-7-12(8-6-11)18(3,15)16/h5-8,13-14H,4,9-10H2,1-3H3. The molecule has 1 unspecified atom stereocenters. The Kier molecular flexibility index (Phi) is 5.78. The van der Waals surface area contributed by atoms with E-state index >= 15 is 0 Å². The van der Waals surface area contributed by atoms with Crippen LogP contribution >= 0.6 is 0 Å². The Morgan fingerprint density at radius 1 is 1.28 bits per heavy atom. The molecule has 0 aliphatic heterocycles. The largest absolute Gasteiger partial charge is 0.379 e. The lowest BCUT2D eigenvalue weighted by molar-refractivity contribution is 0.114. The Bertz CT molecular complexity index is 454. The molecule has 0 aliphatic rings. The quantitative estimate of drug-likeness (QED) is 0.768. The first-order valence-electron chi connectivity index (χ1n) is 6.04. The number of nitrogens with one attached hydrogen (secondary N) is 1. The highest BCUT2D eigenvalue weighted by Crippen LogP contribution is 2.16. The van der Waals surface area contributed by atoms with Crippen LogP contribution in [0.1, 0.15) is 24.9 Å². The van der Waals surface area contributed by atoms with Crippen molar-refractivity contribution in [3.8, 4) is 0 Å². The van der Waals surface area contributed by atoms with Gasteiger partial charge < -0.3 is 10.1 Å². The number of likely N-dealkylation sites (N-methyl/N-ethyl adjacent to an activating group) is 1. The first-order valence-corrected chi connectivity index (χ1v) is 7.93. The SMILES string of the molecule is CCCOCC(NC)c1ccc(S(C)(=O)=O)cc1. The van der Waals surface area contributed by atoms with Crippen LogP contribution in [0.25, 0.3) is 0 Å². The second kappa shape index (κ2) is 6.87. The number of hydrogen-bond acceptors (Lipinski definition) is 4. The van der Waals surface area contributed by atoms with E-state index in [4.69, 9.17) is 4.74 Å². The summed E-state index contributed by atoms with van der Waals surface area (Å²) in [6, 6.07) is 7.01. The summed E-state index contributed by atoms with van der Waals surface area (Å²) in [6.07, 6.45) is 2.20. The van der Waals surface area contributed by atoms with Crippen molar-refractivity contribution in [2.45, 2.75) is 24.3 Å². The minimum Gasteiger partial charge on any atom is -0.379 e. The fraction of sp³-hybridized carbons (Fsp3) is 0.538. The third kappa shape index (κ3) is 4.40. The Labute approximate surface area is 109 Å². The molecule has 0 amide bonds. The van der Waals surface area contributed by atoms with Gasteiger partial charge in [0.25, 0.3) is 0 Å². The number of sulfone groups is 1. The van der Waals surface area contributed by atoms with Crippen molar-refractivity contribution in [1.82, 2.24) is 5.32 Å². The zero-order chi connectivity index (χ0) is 13.6. The second-order valence-electron chi connectivity index (χ2n) is 4.26. The smallest absolute Gasteiger partial charge is 0.175 e. The molecule has 0 bridgehead atoms. The fourth-order valence-corrected chi connectivity index (χ4v) is 2.27. The molecule has 1 aromatic rings. The van der Waals surface area contributed by atoms with Gasteiger partial charge in [0.15, 0.2) is 9.84 Å². The van der Waals surface area contributed by atoms with Crippen LogP contribution in [0, 0.1) is 0 Å². The van der Waals surface area contributed by atoms with Crippen LogP contribution in [0.4, 0.5) is 0 Å². The summed E-state index contributed by atoms with van der Waals surface area (Å²) >= 11 is 0. The van der Waals surface area contributed by atoms with Crippen LogP contribution in [-0.2, 0) is 14.6 Å². The number of rotatable bonds is 7. The van der Waals surface area contributed by atoms with Gasteiger partial charge in [-0.2, -0.15) is 0 Å². The number of hydrogen-bond donors (Lipinski definition) is 1. The van der Waals surface area contributed by atoms with E-state index in [1.165, 1.54) is 6.26 Å². The minimum atomic E-state index is -3.12. The van der Waals surface area contributed by atoms with Gasteiger partial charge in [-0.05, 0) is 31.2 Å².